The molecule has 1 heterocycles. The van der Waals surface area contributed by atoms with Crippen LogP contribution in [0.3, 0.4) is 0 Å². The minimum Gasteiger partial charge on any atom is -0.400 e. The maximum absolute atomic E-state index is 13.2. The minimum absolute atomic E-state index is 0.0463. The van der Waals surface area contributed by atoms with Crippen LogP contribution in [0.2, 0.25) is 0 Å². The maximum atomic E-state index is 13.2. The Hall–Kier alpha value is -1.91. The normalized spacial score (nSPS) is 24.0. The molecule has 0 aliphatic carbocycles. The molecule has 0 saturated carbocycles. The molecule has 2 unspecified atom stereocenters. The number of sulfone groups is 1. The summed E-state index contributed by atoms with van der Waals surface area (Å²) in [7, 11) is -4.13. The summed E-state index contributed by atoms with van der Waals surface area (Å²) in [5.41, 5.74) is 4.37. The summed E-state index contributed by atoms with van der Waals surface area (Å²) in [6.07, 6.45) is -4.11. The summed E-state index contributed by atoms with van der Waals surface area (Å²) >= 11 is 0. The van der Waals surface area contributed by atoms with Gasteiger partial charge in [-0.25, -0.2) is 8.42 Å². The first-order valence-electron chi connectivity index (χ1n) is 9.34. The van der Waals surface area contributed by atoms with Gasteiger partial charge in [0.15, 0.2) is 9.84 Å². The van der Waals surface area contributed by atoms with Gasteiger partial charge >= 0.3 is 6.18 Å². The highest BCUT2D eigenvalue weighted by atomic mass is 32.2. The Morgan fingerprint density at radius 3 is 2.60 bits per heavy atom. The van der Waals surface area contributed by atoms with Crippen LogP contribution in [0.1, 0.15) is 39.2 Å². The van der Waals surface area contributed by atoms with Crippen LogP contribution in [0.15, 0.2) is 40.9 Å². The number of allylic oxidation sites excluding steroid dienone is 1. The van der Waals surface area contributed by atoms with Gasteiger partial charge in [0.2, 0.25) is 0 Å². The van der Waals surface area contributed by atoms with Gasteiger partial charge in [-0.15, -0.1) is 0 Å². The van der Waals surface area contributed by atoms with Crippen LogP contribution in [0.4, 0.5) is 13.2 Å². The van der Waals surface area contributed by atoms with Gasteiger partial charge in [-0.2, -0.15) is 13.2 Å². The predicted octanol–water partition coefficient (Wildman–Crippen LogP) is 3.30. The molecule has 10 heteroatoms. The SMILES string of the molecule is CC(C)(CO)C(=N)/C=C(\N)C1CC(C)(S(=O)(=O)c2cccc(C(F)(F)F)c2)CCO1. The Labute approximate surface area is 174 Å². The van der Waals surface area contributed by atoms with Gasteiger partial charge < -0.3 is 21.0 Å². The molecule has 0 aromatic heterocycles. The van der Waals surface area contributed by atoms with Crippen molar-refractivity contribution in [3.05, 3.63) is 41.6 Å². The Bertz CT molecular complexity index is 942. The Balaban J connectivity index is 2.35. The van der Waals surface area contributed by atoms with Gasteiger partial charge in [0.25, 0.3) is 0 Å². The Morgan fingerprint density at radius 2 is 2.03 bits per heavy atom. The second kappa shape index (κ2) is 8.32. The first-order valence-corrected chi connectivity index (χ1v) is 10.8. The van der Waals surface area contributed by atoms with Gasteiger partial charge in [0.05, 0.1) is 27.9 Å². The van der Waals surface area contributed by atoms with E-state index < -0.39 is 42.7 Å². The summed E-state index contributed by atoms with van der Waals surface area (Å²) in [6, 6.07) is 3.69. The highest BCUT2D eigenvalue weighted by Gasteiger charge is 2.46. The molecule has 6 nitrogen and oxygen atoms in total. The fraction of sp³-hybridized carbons (Fsp3) is 0.550. The lowest BCUT2D eigenvalue weighted by Gasteiger charge is -2.38. The predicted molar refractivity (Wildman–Crippen MR) is 107 cm³/mol. The van der Waals surface area contributed by atoms with Gasteiger partial charge in [0, 0.05) is 23.4 Å². The number of hydrogen-bond donors (Lipinski definition) is 3. The average Bonchev–Trinajstić information content (AvgIpc) is 2.67. The molecule has 1 fully saturated rings. The van der Waals surface area contributed by atoms with Crippen LogP contribution in [-0.2, 0) is 20.8 Å². The fourth-order valence-electron chi connectivity index (χ4n) is 3.09. The quantitative estimate of drug-likeness (QED) is 0.578. The fourth-order valence-corrected chi connectivity index (χ4v) is 4.92. The third-order valence-corrected chi connectivity index (χ3v) is 8.04. The molecule has 0 bridgehead atoms. The zero-order valence-corrected chi connectivity index (χ0v) is 17.9. The Morgan fingerprint density at radius 1 is 1.40 bits per heavy atom. The second-order valence-corrected chi connectivity index (χ2v) is 10.9. The number of benzene rings is 1. The molecule has 0 radical (unpaired) electrons. The second-order valence-electron chi connectivity index (χ2n) is 8.39. The number of aliphatic hydroxyl groups excluding tert-OH is 1. The summed E-state index contributed by atoms with van der Waals surface area (Å²) in [4.78, 5) is -0.405. The number of ether oxygens (including phenoxy) is 1. The zero-order valence-electron chi connectivity index (χ0n) is 17.1. The Kier molecular flexibility index (Phi) is 6.75. The lowest BCUT2D eigenvalue weighted by Crippen LogP contribution is -2.46. The molecule has 2 atom stereocenters. The van der Waals surface area contributed by atoms with Crippen LogP contribution in [-0.4, -0.2) is 43.3 Å². The molecule has 168 valence electrons. The largest absolute Gasteiger partial charge is 0.416 e. The van der Waals surface area contributed by atoms with Crippen LogP contribution < -0.4 is 5.73 Å². The van der Waals surface area contributed by atoms with Crippen molar-refractivity contribution in [2.45, 2.75) is 55.5 Å². The lowest BCUT2D eigenvalue weighted by molar-refractivity contribution is -0.137. The van der Waals surface area contributed by atoms with Crippen molar-refractivity contribution in [2.24, 2.45) is 11.1 Å². The van der Waals surface area contributed by atoms with Crippen molar-refractivity contribution in [2.75, 3.05) is 13.2 Å². The summed E-state index contributed by atoms with van der Waals surface area (Å²) in [5, 5.41) is 17.5. The van der Waals surface area contributed by atoms with E-state index in [4.69, 9.17) is 15.9 Å². The van der Waals surface area contributed by atoms with E-state index in [1.54, 1.807) is 13.8 Å². The molecule has 0 amide bonds. The molecule has 1 aromatic carbocycles. The lowest BCUT2D eigenvalue weighted by atomic mass is 9.87. The highest BCUT2D eigenvalue weighted by molar-refractivity contribution is 7.92. The van der Waals surface area contributed by atoms with Crippen LogP contribution in [0.5, 0.6) is 0 Å². The minimum atomic E-state index is -4.66. The standard InChI is InChI=1S/C20H27F3N2O4S/c1-18(2,12-26)17(25)10-15(24)16-11-19(3,7-8-29-16)30(27,28)14-6-4-5-13(9-14)20(21,22)23/h4-6,9-10,16,25-26H,7-8,11-12,24H2,1-3H3/b15-10-,25-17?. The van der Waals surface area contributed by atoms with Crippen LogP contribution in [0, 0.1) is 10.8 Å². The molecule has 1 saturated heterocycles. The topological polar surface area (TPSA) is 113 Å². The molecule has 0 spiro atoms. The van der Waals surface area contributed by atoms with Gasteiger partial charge in [-0.3, -0.25) is 0 Å². The van der Waals surface area contributed by atoms with E-state index in [9.17, 15) is 26.7 Å². The van der Waals surface area contributed by atoms with E-state index in [1.807, 2.05) is 0 Å². The van der Waals surface area contributed by atoms with Crippen molar-refractivity contribution in [1.29, 1.82) is 5.41 Å². The molecule has 4 N–H and O–H groups in total. The smallest absolute Gasteiger partial charge is 0.400 e. The summed E-state index contributed by atoms with van der Waals surface area (Å²) in [5.74, 6) is 0. The highest BCUT2D eigenvalue weighted by Crippen LogP contribution is 2.39. The van der Waals surface area contributed by atoms with Crippen molar-refractivity contribution in [1.82, 2.24) is 0 Å². The average molecular weight is 449 g/mol. The number of halogens is 3. The molecule has 2 rings (SSSR count). The number of nitrogens with one attached hydrogen (secondary N) is 1. The molecule has 1 aliphatic rings. The first kappa shape index (κ1) is 24.4. The summed E-state index contributed by atoms with van der Waals surface area (Å²) in [6.45, 7) is 4.55. The zero-order chi connectivity index (χ0) is 23.0. The number of alkyl halides is 3. The van der Waals surface area contributed by atoms with Gasteiger partial charge in [0.1, 0.15) is 0 Å². The number of nitrogens with two attached hydrogens (primary N) is 1. The molecular formula is C20H27F3N2O4S. The van der Waals surface area contributed by atoms with Gasteiger partial charge in [-0.05, 0) is 44.0 Å². The number of aliphatic hydroxyl groups is 1. The molecule has 1 aliphatic heterocycles. The molecule has 1 aromatic rings. The van der Waals surface area contributed by atoms with E-state index in [1.165, 1.54) is 13.0 Å². The number of rotatable bonds is 6. The van der Waals surface area contributed by atoms with E-state index in [0.717, 1.165) is 18.2 Å². The van der Waals surface area contributed by atoms with Crippen LogP contribution in [0.25, 0.3) is 0 Å². The van der Waals surface area contributed by atoms with Crippen molar-refractivity contribution < 1.29 is 31.4 Å². The van der Waals surface area contributed by atoms with E-state index >= 15 is 0 Å². The monoisotopic (exact) mass is 448 g/mol. The number of hydrogen-bond acceptors (Lipinski definition) is 6. The maximum Gasteiger partial charge on any atom is 0.416 e. The van der Waals surface area contributed by atoms with Crippen molar-refractivity contribution in [3.8, 4) is 0 Å². The van der Waals surface area contributed by atoms with Crippen molar-refractivity contribution in [3.63, 3.8) is 0 Å². The molecule has 30 heavy (non-hydrogen) atoms. The van der Waals surface area contributed by atoms with E-state index in [0.29, 0.717) is 6.07 Å². The third-order valence-electron chi connectivity index (χ3n) is 5.49. The molecular weight excluding hydrogens is 421 g/mol. The van der Waals surface area contributed by atoms with Crippen LogP contribution >= 0.6 is 0 Å². The van der Waals surface area contributed by atoms with E-state index in [2.05, 4.69) is 0 Å². The van der Waals surface area contributed by atoms with Crippen molar-refractivity contribution >= 4 is 15.5 Å². The van der Waals surface area contributed by atoms with E-state index in [-0.39, 0.29) is 37.5 Å². The first-order chi connectivity index (χ1) is 13.6. The third kappa shape index (κ3) is 4.87. The van der Waals surface area contributed by atoms with Gasteiger partial charge in [-0.1, -0.05) is 19.9 Å². The summed E-state index contributed by atoms with van der Waals surface area (Å²) < 4.78 is 69.7.